The molecule has 2 rings (SSSR count). The van der Waals surface area contributed by atoms with Crippen molar-refractivity contribution >= 4 is 27.3 Å². The van der Waals surface area contributed by atoms with Crippen molar-refractivity contribution in [3.8, 4) is 0 Å². The van der Waals surface area contributed by atoms with Crippen molar-refractivity contribution in [2.24, 2.45) is 0 Å². The van der Waals surface area contributed by atoms with Gasteiger partial charge in [-0.15, -0.1) is 0 Å². The first-order chi connectivity index (χ1) is 9.06. The van der Waals surface area contributed by atoms with Gasteiger partial charge < -0.3 is 10.2 Å². The number of nitrogens with zero attached hydrogens (tertiary/aromatic N) is 1. The van der Waals surface area contributed by atoms with Gasteiger partial charge in [-0.25, -0.2) is 4.39 Å². The lowest BCUT2D eigenvalue weighted by Gasteiger charge is -2.14. The van der Waals surface area contributed by atoms with E-state index in [0.717, 1.165) is 21.4 Å². The van der Waals surface area contributed by atoms with Crippen LogP contribution in [0.5, 0.6) is 0 Å². The number of hydrogen-bond acceptors (Lipinski definition) is 2. The molecule has 0 fully saturated rings. The number of rotatable bonds is 4. The molecule has 0 aliphatic heterocycles. The standard InChI is InChI=1S/C15H16BrFN2/c1-19(2)14-5-3-4-13(9-14)18-10-11-8-12(17)6-7-15(11)16/h3-9,18H,10H2,1-2H3. The topological polar surface area (TPSA) is 15.3 Å². The maximum Gasteiger partial charge on any atom is 0.123 e. The molecular formula is C15H16BrFN2. The maximum atomic E-state index is 13.2. The van der Waals surface area contributed by atoms with Gasteiger partial charge in [-0.3, -0.25) is 0 Å². The first-order valence-corrected chi connectivity index (χ1v) is 6.81. The van der Waals surface area contributed by atoms with Crippen LogP contribution in [0.3, 0.4) is 0 Å². The van der Waals surface area contributed by atoms with Crippen molar-refractivity contribution in [3.63, 3.8) is 0 Å². The van der Waals surface area contributed by atoms with Crippen LogP contribution in [0.1, 0.15) is 5.56 Å². The van der Waals surface area contributed by atoms with Crippen molar-refractivity contribution in [2.75, 3.05) is 24.3 Å². The highest BCUT2D eigenvalue weighted by Gasteiger charge is 2.02. The van der Waals surface area contributed by atoms with E-state index in [4.69, 9.17) is 0 Å². The van der Waals surface area contributed by atoms with Gasteiger partial charge in [0.05, 0.1) is 0 Å². The van der Waals surface area contributed by atoms with Gasteiger partial charge in [-0.1, -0.05) is 22.0 Å². The van der Waals surface area contributed by atoms with Crippen molar-refractivity contribution in [3.05, 3.63) is 58.3 Å². The molecule has 0 aliphatic carbocycles. The van der Waals surface area contributed by atoms with E-state index in [0.29, 0.717) is 6.54 Å². The van der Waals surface area contributed by atoms with E-state index < -0.39 is 0 Å². The quantitative estimate of drug-likeness (QED) is 0.904. The summed E-state index contributed by atoms with van der Waals surface area (Å²) in [6.45, 7) is 0.579. The Morgan fingerprint density at radius 1 is 1.16 bits per heavy atom. The predicted octanol–water partition coefficient (Wildman–Crippen LogP) is 4.27. The van der Waals surface area contributed by atoms with Gasteiger partial charge >= 0.3 is 0 Å². The van der Waals surface area contributed by atoms with E-state index in [1.807, 2.05) is 37.2 Å². The zero-order valence-corrected chi connectivity index (χ0v) is 12.5. The van der Waals surface area contributed by atoms with Crippen LogP contribution in [0, 0.1) is 5.82 Å². The van der Waals surface area contributed by atoms with Crippen LogP contribution in [-0.4, -0.2) is 14.1 Å². The second-order valence-corrected chi connectivity index (χ2v) is 5.39. The van der Waals surface area contributed by atoms with E-state index in [9.17, 15) is 4.39 Å². The molecule has 0 spiro atoms. The van der Waals surface area contributed by atoms with Crippen molar-refractivity contribution in [1.29, 1.82) is 0 Å². The monoisotopic (exact) mass is 322 g/mol. The van der Waals surface area contributed by atoms with Crippen LogP contribution in [0.2, 0.25) is 0 Å². The van der Waals surface area contributed by atoms with Crippen LogP contribution in [-0.2, 0) is 6.54 Å². The Balaban J connectivity index is 2.10. The molecule has 0 saturated carbocycles. The number of hydrogen-bond donors (Lipinski definition) is 1. The fraction of sp³-hybridized carbons (Fsp3) is 0.200. The van der Waals surface area contributed by atoms with Crippen molar-refractivity contribution < 1.29 is 4.39 Å². The number of halogens is 2. The summed E-state index contributed by atoms with van der Waals surface area (Å²) in [7, 11) is 4.00. The Hall–Kier alpha value is -1.55. The SMILES string of the molecule is CN(C)c1cccc(NCc2cc(F)ccc2Br)c1. The van der Waals surface area contributed by atoms with Crippen LogP contribution >= 0.6 is 15.9 Å². The van der Waals surface area contributed by atoms with Crippen LogP contribution in [0.25, 0.3) is 0 Å². The Morgan fingerprint density at radius 2 is 1.95 bits per heavy atom. The van der Waals surface area contributed by atoms with E-state index in [2.05, 4.69) is 27.3 Å². The lowest BCUT2D eigenvalue weighted by atomic mass is 10.2. The first-order valence-electron chi connectivity index (χ1n) is 6.01. The highest BCUT2D eigenvalue weighted by atomic mass is 79.9. The minimum atomic E-state index is -0.220. The predicted molar refractivity (Wildman–Crippen MR) is 82.2 cm³/mol. The van der Waals surface area contributed by atoms with E-state index in [1.54, 1.807) is 6.07 Å². The van der Waals surface area contributed by atoms with Crippen molar-refractivity contribution in [1.82, 2.24) is 0 Å². The molecule has 2 aromatic carbocycles. The molecule has 100 valence electrons. The molecule has 1 N–H and O–H groups in total. The molecule has 0 unspecified atom stereocenters. The van der Waals surface area contributed by atoms with Gasteiger partial charge in [0.15, 0.2) is 0 Å². The largest absolute Gasteiger partial charge is 0.381 e. The second-order valence-electron chi connectivity index (χ2n) is 4.53. The summed E-state index contributed by atoms with van der Waals surface area (Å²) in [5.74, 6) is -0.220. The summed E-state index contributed by atoms with van der Waals surface area (Å²) in [5.41, 5.74) is 3.04. The summed E-state index contributed by atoms with van der Waals surface area (Å²) >= 11 is 3.43. The highest BCUT2D eigenvalue weighted by Crippen LogP contribution is 2.21. The molecule has 0 amide bonds. The molecule has 2 nitrogen and oxygen atoms in total. The van der Waals surface area contributed by atoms with Crippen LogP contribution in [0.15, 0.2) is 46.9 Å². The molecule has 19 heavy (non-hydrogen) atoms. The highest BCUT2D eigenvalue weighted by molar-refractivity contribution is 9.10. The average Bonchev–Trinajstić information content (AvgIpc) is 2.40. The van der Waals surface area contributed by atoms with Gasteiger partial charge in [-0.2, -0.15) is 0 Å². The third-order valence-corrected chi connectivity index (χ3v) is 3.63. The molecule has 4 heteroatoms. The molecule has 0 aromatic heterocycles. The summed E-state index contributed by atoms with van der Waals surface area (Å²) < 4.78 is 14.1. The lowest BCUT2D eigenvalue weighted by Crippen LogP contribution is -2.09. The fourth-order valence-corrected chi connectivity index (χ4v) is 2.16. The van der Waals surface area contributed by atoms with Gasteiger partial charge in [0.25, 0.3) is 0 Å². The normalized spacial score (nSPS) is 10.3. The number of nitrogens with one attached hydrogen (secondary N) is 1. The Kier molecular flexibility index (Phi) is 4.43. The van der Waals surface area contributed by atoms with Gasteiger partial charge in [0.2, 0.25) is 0 Å². The maximum absolute atomic E-state index is 13.2. The van der Waals surface area contributed by atoms with Crippen LogP contribution in [0.4, 0.5) is 15.8 Å². The fourth-order valence-electron chi connectivity index (χ4n) is 1.77. The van der Waals surface area contributed by atoms with Gasteiger partial charge in [0.1, 0.15) is 5.82 Å². The van der Waals surface area contributed by atoms with Gasteiger partial charge in [-0.05, 0) is 42.0 Å². The summed E-state index contributed by atoms with van der Waals surface area (Å²) in [6, 6.07) is 12.8. The Bertz CT molecular complexity index is 570. The smallest absolute Gasteiger partial charge is 0.123 e. The molecule has 2 aromatic rings. The van der Waals surface area contributed by atoms with E-state index >= 15 is 0 Å². The Morgan fingerprint density at radius 3 is 2.68 bits per heavy atom. The average molecular weight is 323 g/mol. The molecule has 0 radical (unpaired) electrons. The van der Waals surface area contributed by atoms with Gasteiger partial charge in [0, 0.05) is 36.5 Å². The third kappa shape index (κ3) is 3.70. The molecule has 0 heterocycles. The summed E-state index contributed by atoms with van der Waals surface area (Å²) in [6.07, 6.45) is 0. The van der Waals surface area contributed by atoms with E-state index in [1.165, 1.54) is 12.1 Å². The first kappa shape index (κ1) is 13.9. The zero-order chi connectivity index (χ0) is 13.8. The number of benzene rings is 2. The zero-order valence-electron chi connectivity index (χ0n) is 11.0. The minimum Gasteiger partial charge on any atom is -0.381 e. The molecule has 0 atom stereocenters. The summed E-state index contributed by atoms with van der Waals surface area (Å²) in [4.78, 5) is 2.04. The number of anilines is 2. The molecule has 0 bridgehead atoms. The Labute approximate surface area is 121 Å². The lowest BCUT2D eigenvalue weighted by molar-refractivity contribution is 0.625. The van der Waals surface area contributed by atoms with E-state index in [-0.39, 0.29) is 5.82 Å². The second kappa shape index (κ2) is 6.06. The molecule has 0 aliphatic rings. The van der Waals surface area contributed by atoms with Crippen molar-refractivity contribution in [2.45, 2.75) is 6.54 Å². The summed E-state index contributed by atoms with van der Waals surface area (Å²) in [5, 5.41) is 3.30. The molecule has 0 saturated heterocycles. The van der Waals surface area contributed by atoms with Crippen LogP contribution < -0.4 is 10.2 Å². The molecular weight excluding hydrogens is 307 g/mol. The third-order valence-electron chi connectivity index (χ3n) is 2.85. The minimum absolute atomic E-state index is 0.220.